The summed E-state index contributed by atoms with van der Waals surface area (Å²) in [7, 11) is 0. The van der Waals surface area contributed by atoms with Crippen LogP contribution in [0.3, 0.4) is 0 Å². The smallest absolute Gasteiger partial charge is 0.141 e. The summed E-state index contributed by atoms with van der Waals surface area (Å²) in [6.45, 7) is 0. The maximum Gasteiger partial charge on any atom is 0.141 e. The fourth-order valence-electron chi connectivity index (χ4n) is 8.12. The molecule has 0 radical (unpaired) electrons. The van der Waals surface area contributed by atoms with E-state index >= 15 is 0 Å². The molecule has 4 nitrogen and oxygen atoms in total. The zero-order chi connectivity index (χ0) is 19.7. The van der Waals surface area contributed by atoms with Gasteiger partial charge in [0.25, 0.3) is 0 Å². The number of phenols is 1. The molecule has 8 atom stereocenters. The summed E-state index contributed by atoms with van der Waals surface area (Å²) < 4.78 is 0. The van der Waals surface area contributed by atoms with Gasteiger partial charge in [-0.1, -0.05) is 43.9 Å². The Kier molecular flexibility index (Phi) is 4.16. The second-order valence-corrected chi connectivity index (χ2v) is 10.3. The first-order chi connectivity index (χ1) is 14.2. The highest BCUT2D eigenvalue weighted by molar-refractivity contribution is 5.93. The third-order valence-corrected chi connectivity index (χ3v) is 9.18. The Bertz CT molecular complexity index is 804. The maximum absolute atomic E-state index is 13.6. The van der Waals surface area contributed by atoms with Crippen LogP contribution in [-0.2, 0) is 9.59 Å². The Balaban J connectivity index is 1.49. The van der Waals surface area contributed by atoms with Crippen molar-refractivity contribution in [3.8, 4) is 5.75 Å². The molecule has 4 heteroatoms. The molecule has 5 fully saturated rings. The van der Waals surface area contributed by atoms with E-state index in [9.17, 15) is 14.7 Å². The van der Waals surface area contributed by atoms with Crippen molar-refractivity contribution >= 4 is 11.6 Å². The topological polar surface area (TPSA) is 66.4 Å². The van der Waals surface area contributed by atoms with Gasteiger partial charge in [-0.3, -0.25) is 9.59 Å². The number of rotatable bonds is 1. The number of hydrogen-bond donors (Lipinski definition) is 2. The number of nitrogens with one attached hydrogen (secondary N) is 1. The molecule has 1 heterocycles. The van der Waals surface area contributed by atoms with E-state index in [4.69, 9.17) is 0 Å². The molecule has 154 valence electrons. The van der Waals surface area contributed by atoms with Crippen LogP contribution in [0.4, 0.5) is 0 Å². The average molecular weight is 394 g/mol. The lowest BCUT2D eigenvalue weighted by molar-refractivity contribution is -0.129. The van der Waals surface area contributed by atoms with Crippen LogP contribution in [0.5, 0.6) is 5.75 Å². The number of carbonyl (C=O) groups excluding carboxylic acids is 2. The van der Waals surface area contributed by atoms with Crippen LogP contribution >= 0.6 is 0 Å². The van der Waals surface area contributed by atoms with Gasteiger partial charge in [0.2, 0.25) is 0 Å². The minimum atomic E-state index is -0.165. The Hall–Kier alpha value is -1.68. The number of ketones is 2. The van der Waals surface area contributed by atoms with Crippen LogP contribution < -0.4 is 5.32 Å². The summed E-state index contributed by atoms with van der Waals surface area (Å²) in [6.07, 6.45) is 8.95. The standard InChI is InChI=1S/C25H31NO3/c27-18-12-6-5-11-17(18)19-20-22(13-7-1-3-9-15(13)24(20)28)26-23-14-8-2-4-10-16(14)25(29)21(19)23/h5-6,11-16,19-23,26-27H,1-4,7-10H2. The molecule has 0 spiro atoms. The Morgan fingerprint density at radius 2 is 1.24 bits per heavy atom. The fourth-order valence-corrected chi connectivity index (χ4v) is 8.12. The molecule has 0 aromatic heterocycles. The average Bonchev–Trinajstić information content (AvgIpc) is 3.20. The van der Waals surface area contributed by atoms with Gasteiger partial charge in [-0.05, 0) is 49.1 Å². The molecule has 4 saturated carbocycles. The SMILES string of the molecule is O=C1C2CCCCC2C2NC3C4CCCCC4C(=O)C3C(c3ccccc3O)C12. The summed E-state index contributed by atoms with van der Waals surface area (Å²) in [6, 6.07) is 7.81. The number of carbonyl (C=O) groups is 2. The molecule has 2 N–H and O–H groups in total. The van der Waals surface area contributed by atoms with Gasteiger partial charge in [-0.15, -0.1) is 0 Å². The highest BCUT2D eigenvalue weighted by Gasteiger charge is 2.64. The van der Waals surface area contributed by atoms with Gasteiger partial charge in [-0.2, -0.15) is 0 Å². The minimum Gasteiger partial charge on any atom is -0.508 e. The third-order valence-electron chi connectivity index (χ3n) is 9.18. The maximum atomic E-state index is 13.6. The number of hydrogen-bond acceptors (Lipinski definition) is 4. The van der Waals surface area contributed by atoms with E-state index in [0.717, 1.165) is 44.1 Å². The Morgan fingerprint density at radius 3 is 1.79 bits per heavy atom. The van der Waals surface area contributed by atoms with Gasteiger partial charge in [0.05, 0.1) is 0 Å². The summed E-state index contributed by atoms with van der Waals surface area (Å²) in [5.41, 5.74) is 0.831. The van der Waals surface area contributed by atoms with Gasteiger partial charge in [0, 0.05) is 41.7 Å². The van der Waals surface area contributed by atoms with E-state index in [1.54, 1.807) is 6.07 Å². The summed E-state index contributed by atoms with van der Waals surface area (Å²) in [5.74, 6) is 1.60. The molecular weight excluding hydrogens is 362 g/mol. The first kappa shape index (κ1) is 18.1. The van der Waals surface area contributed by atoms with Crippen LogP contribution in [0.1, 0.15) is 62.8 Å². The molecule has 6 rings (SSSR count). The van der Waals surface area contributed by atoms with Crippen LogP contribution in [0, 0.1) is 35.5 Å². The van der Waals surface area contributed by atoms with Gasteiger partial charge in [-0.25, -0.2) is 0 Å². The van der Waals surface area contributed by atoms with Crippen molar-refractivity contribution in [1.82, 2.24) is 5.32 Å². The zero-order valence-corrected chi connectivity index (χ0v) is 16.9. The zero-order valence-electron chi connectivity index (χ0n) is 16.9. The first-order valence-corrected chi connectivity index (χ1v) is 11.8. The normalized spacial score (nSPS) is 46.0. The Labute approximate surface area is 172 Å². The summed E-state index contributed by atoms with van der Waals surface area (Å²) >= 11 is 0. The molecule has 1 aliphatic heterocycles. The third kappa shape index (κ3) is 2.47. The second-order valence-electron chi connectivity index (χ2n) is 10.3. The number of fused-ring (bicyclic) bond motifs is 6. The predicted octanol–water partition coefficient (Wildman–Crippen LogP) is 3.83. The molecule has 1 aromatic rings. The molecule has 0 bridgehead atoms. The van der Waals surface area contributed by atoms with E-state index in [2.05, 4.69) is 5.32 Å². The minimum absolute atomic E-state index is 0.149. The van der Waals surface area contributed by atoms with Gasteiger partial charge in [0.15, 0.2) is 0 Å². The number of Topliss-reactive ketones (excluding diaryl/α,β-unsaturated/α-hetero) is 2. The van der Waals surface area contributed by atoms with E-state index < -0.39 is 0 Å². The highest BCUT2D eigenvalue weighted by atomic mass is 16.3. The quantitative estimate of drug-likeness (QED) is 0.761. The van der Waals surface area contributed by atoms with E-state index in [1.807, 2.05) is 18.2 Å². The van der Waals surface area contributed by atoms with Crippen LogP contribution in [0.25, 0.3) is 0 Å². The van der Waals surface area contributed by atoms with E-state index in [1.165, 1.54) is 12.8 Å². The molecule has 29 heavy (non-hydrogen) atoms. The van der Waals surface area contributed by atoms with Crippen molar-refractivity contribution in [3.05, 3.63) is 29.8 Å². The van der Waals surface area contributed by atoms with Crippen molar-refractivity contribution in [2.75, 3.05) is 0 Å². The van der Waals surface area contributed by atoms with Crippen molar-refractivity contribution in [3.63, 3.8) is 0 Å². The molecule has 5 aliphatic rings. The van der Waals surface area contributed by atoms with E-state index in [0.29, 0.717) is 23.4 Å². The lowest BCUT2D eigenvalue weighted by Crippen LogP contribution is -2.58. The van der Waals surface area contributed by atoms with Crippen LogP contribution in [-0.4, -0.2) is 28.8 Å². The monoisotopic (exact) mass is 393 g/mol. The van der Waals surface area contributed by atoms with Crippen molar-refractivity contribution in [2.45, 2.75) is 69.4 Å². The number of piperidine rings is 1. The first-order valence-electron chi connectivity index (χ1n) is 11.8. The predicted molar refractivity (Wildman–Crippen MR) is 109 cm³/mol. The fraction of sp³-hybridized carbons (Fsp3) is 0.680. The largest absolute Gasteiger partial charge is 0.508 e. The number of aromatic hydroxyl groups is 1. The van der Waals surface area contributed by atoms with E-state index in [-0.39, 0.29) is 47.4 Å². The molecule has 4 aliphatic carbocycles. The lowest BCUT2D eigenvalue weighted by atomic mass is 9.67. The molecule has 1 saturated heterocycles. The van der Waals surface area contributed by atoms with Crippen molar-refractivity contribution < 1.29 is 14.7 Å². The van der Waals surface area contributed by atoms with Gasteiger partial charge in [0.1, 0.15) is 17.3 Å². The van der Waals surface area contributed by atoms with Crippen LogP contribution in [0.2, 0.25) is 0 Å². The number of benzene rings is 1. The van der Waals surface area contributed by atoms with Crippen molar-refractivity contribution in [1.29, 1.82) is 0 Å². The van der Waals surface area contributed by atoms with Gasteiger partial charge < -0.3 is 10.4 Å². The molecule has 8 unspecified atom stereocenters. The number of para-hydroxylation sites is 1. The molecule has 1 aromatic carbocycles. The molecular formula is C25H31NO3. The van der Waals surface area contributed by atoms with Crippen molar-refractivity contribution in [2.24, 2.45) is 35.5 Å². The number of phenolic OH excluding ortho intramolecular Hbond substituents is 1. The summed E-state index contributed by atoms with van der Waals surface area (Å²) in [4.78, 5) is 27.3. The molecule has 0 amide bonds. The Morgan fingerprint density at radius 1 is 0.724 bits per heavy atom. The lowest BCUT2D eigenvalue weighted by Gasteiger charge is -2.45. The highest BCUT2D eigenvalue weighted by Crippen LogP contribution is 2.58. The summed E-state index contributed by atoms with van der Waals surface area (Å²) in [5, 5.41) is 14.7. The van der Waals surface area contributed by atoms with Gasteiger partial charge >= 0.3 is 0 Å². The second kappa shape index (κ2) is 6.66. The van der Waals surface area contributed by atoms with Crippen LogP contribution in [0.15, 0.2) is 24.3 Å².